The maximum Gasteiger partial charge on any atom is 0.256 e. The molecule has 7 heteroatoms. The number of benzene rings is 2. The molecular weight excluding hydrogens is 454 g/mol. The van der Waals surface area contributed by atoms with Crippen molar-refractivity contribution in [3.8, 4) is 5.75 Å². The van der Waals surface area contributed by atoms with Gasteiger partial charge in [-0.15, -0.1) is 0 Å². The predicted molar refractivity (Wildman–Crippen MR) is 142 cm³/mol. The fourth-order valence-corrected chi connectivity index (χ4v) is 5.42. The number of nitrogens with one attached hydrogen (secondary N) is 2. The summed E-state index contributed by atoms with van der Waals surface area (Å²) in [6.45, 7) is 6.53. The normalized spacial score (nSPS) is 19.7. The Kier molecular flexibility index (Phi) is 7.68. The molecule has 2 aromatic rings. The molecule has 0 radical (unpaired) electrons. The van der Waals surface area contributed by atoms with Crippen LogP contribution in [-0.4, -0.2) is 56.2 Å². The molecule has 0 unspecified atom stereocenters. The first-order valence-corrected chi connectivity index (χ1v) is 13.1. The third kappa shape index (κ3) is 5.79. The van der Waals surface area contributed by atoms with Gasteiger partial charge in [0.2, 0.25) is 5.91 Å². The van der Waals surface area contributed by atoms with Gasteiger partial charge < -0.3 is 20.1 Å². The molecule has 7 nitrogen and oxygen atoms in total. The molecule has 1 saturated carbocycles. The van der Waals surface area contributed by atoms with Gasteiger partial charge in [0.25, 0.3) is 5.91 Å². The maximum atomic E-state index is 12.8. The fraction of sp³-hybridized carbons (Fsp3) is 0.448. The minimum Gasteiger partial charge on any atom is -0.492 e. The zero-order valence-corrected chi connectivity index (χ0v) is 21.0. The molecule has 2 N–H and O–H groups in total. The van der Waals surface area contributed by atoms with E-state index in [1.165, 1.54) is 44.6 Å². The van der Waals surface area contributed by atoms with Gasteiger partial charge in [0.05, 0.1) is 18.9 Å². The van der Waals surface area contributed by atoms with E-state index < -0.39 is 0 Å². The number of morpholine rings is 1. The SMILES string of the molecule is CC(=O)Nc1ccc2c(c1)NC(=O)/C2=C/c1ccc(OCCN2CCOCC2)c(C2CCCCC2)c1. The van der Waals surface area contributed by atoms with E-state index in [9.17, 15) is 9.59 Å². The number of fused-ring (bicyclic) bond motifs is 1. The van der Waals surface area contributed by atoms with Crippen LogP contribution in [0.2, 0.25) is 0 Å². The smallest absolute Gasteiger partial charge is 0.256 e. The number of ether oxygens (including phenoxy) is 2. The number of carbonyl (C=O) groups is 2. The van der Waals surface area contributed by atoms with E-state index in [4.69, 9.17) is 9.47 Å². The number of rotatable bonds is 7. The van der Waals surface area contributed by atoms with Crippen molar-refractivity contribution in [3.63, 3.8) is 0 Å². The van der Waals surface area contributed by atoms with Crippen LogP contribution in [0.3, 0.4) is 0 Å². The maximum absolute atomic E-state index is 12.8. The predicted octanol–water partition coefficient (Wildman–Crippen LogP) is 4.90. The van der Waals surface area contributed by atoms with Gasteiger partial charge in [0.1, 0.15) is 12.4 Å². The van der Waals surface area contributed by atoms with E-state index in [-0.39, 0.29) is 11.8 Å². The quantitative estimate of drug-likeness (QED) is 0.541. The Bertz CT molecular complexity index is 1150. The Hall–Kier alpha value is -3.16. The Balaban J connectivity index is 1.38. The Morgan fingerprint density at radius 1 is 1.14 bits per heavy atom. The summed E-state index contributed by atoms with van der Waals surface area (Å²) in [5, 5.41) is 5.70. The lowest BCUT2D eigenvalue weighted by molar-refractivity contribution is -0.114. The van der Waals surface area contributed by atoms with Crippen LogP contribution in [-0.2, 0) is 14.3 Å². The molecule has 2 aromatic carbocycles. The van der Waals surface area contributed by atoms with E-state index in [0.29, 0.717) is 29.5 Å². The molecule has 1 saturated heterocycles. The van der Waals surface area contributed by atoms with Gasteiger partial charge in [-0.05, 0) is 60.2 Å². The van der Waals surface area contributed by atoms with E-state index in [2.05, 4.69) is 27.7 Å². The lowest BCUT2D eigenvalue weighted by Gasteiger charge is -2.27. The van der Waals surface area contributed by atoms with Crippen molar-refractivity contribution in [2.75, 3.05) is 50.1 Å². The number of anilines is 2. The monoisotopic (exact) mass is 489 g/mol. The third-order valence-corrected chi connectivity index (χ3v) is 7.28. The largest absolute Gasteiger partial charge is 0.492 e. The van der Waals surface area contributed by atoms with Crippen LogP contribution in [0, 0.1) is 0 Å². The molecule has 0 atom stereocenters. The highest BCUT2D eigenvalue weighted by atomic mass is 16.5. The number of hydrogen-bond acceptors (Lipinski definition) is 5. The van der Waals surface area contributed by atoms with E-state index >= 15 is 0 Å². The summed E-state index contributed by atoms with van der Waals surface area (Å²) >= 11 is 0. The first-order chi connectivity index (χ1) is 17.6. The summed E-state index contributed by atoms with van der Waals surface area (Å²) in [7, 11) is 0. The summed E-state index contributed by atoms with van der Waals surface area (Å²) in [6.07, 6.45) is 8.10. The van der Waals surface area contributed by atoms with Gasteiger partial charge >= 0.3 is 0 Å². The van der Waals surface area contributed by atoms with Crippen LogP contribution in [0.1, 0.15) is 61.6 Å². The molecule has 0 bridgehead atoms. The van der Waals surface area contributed by atoms with E-state index in [1.54, 1.807) is 6.07 Å². The second-order valence-electron chi connectivity index (χ2n) is 9.89. The molecule has 0 aromatic heterocycles. The fourth-order valence-electron chi connectivity index (χ4n) is 5.42. The lowest BCUT2D eigenvalue weighted by atomic mass is 9.83. The summed E-state index contributed by atoms with van der Waals surface area (Å²) in [6, 6.07) is 11.8. The zero-order chi connectivity index (χ0) is 24.9. The second kappa shape index (κ2) is 11.3. The minimum atomic E-state index is -0.141. The van der Waals surface area contributed by atoms with Crippen molar-refractivity contribution in [3.05, 3.63) is 53.1 Å². The highest BCUT2D eigenvalue weighted by Gasteiger charge is 2.25. The van der Waals surface area contributed by atoms with Gasteiger partial charge in [-0.1, -0.05) is 31.4 Å². The first-order valence-electron chi connectivity index (χ1n) is 13.1. The van der Waals surface area contributed by atoms with Gasteiger partial charge in [-0.2, -0.15) is 0 Å². The molecule has 2 aliphatic heterocycles. The topological polar surface area (TPSA) is 79.9 Å². The van der Waals surface area contributed by atoms with Gasteiger partial charge in [0.15, 0.2) is 0 Å². The summed E-state index contributed by atoms with van der Waals surface area (Å²) in [4.78, 5) is 26.6. The molecule has 5 rings (SSSR count). The average molecular weight is 490 g/mol. The Labute approximate surface area is 212 Å². The van der Waals surface area contributed by atoms with Crippen LogP contribution < -0.4 is 15.4 Å². The second-order valence-corrected chi connectivity index (χ2v) is 9.89. The number of hydrogen-bond donors (Lipinski definition) is 2. The zero-order valence-electron chi connectivity index (χ0n) is 21.0. The van der Waals surface area contributed by atoms with Crippen molar-refractivity contribution in [2.24, 2.45) is 0 Å². The molecule has 190 valence electrons. The van der Waals surface area contributed by atoms with Crippen LogP contribution in [0.25, 0.3) is 11.6 Å². The highest BCUT2D eigenvalue weighted by Crippen LogP contribution is 2.40. The Morgan fingerprint density at radius 3 is 2.72 bits per heavy atom. The highest BCUT2D eigenvalue weighted by molar-refractivity contribution is 6.35. The van der Waals surface area contributed by atoms with Crippen LogP contribution in [0.4, 0.5) is 11.4 Å². The summed E-state index contributed by atoms with van der Waals surface area (Å²) < 4.78 is 11.8. The van der Waals surface area contributed by atoms with Crippen molar-refractivity contribution in [1.82, 2.24) is 4.90 Å². The Morgan fingerprint density at radius 2 is 1.94 bits per heavy atom. The number of amides is 2. The first kappa shape index (κ1) is 24.5. The molecular formula is C29H35N3O4. The molecule has 2 heterocycles. The molecule has 1 aliphatic carbocycles. The lowest BCUT2D eigenvalue weighted by Crippen LogP contribution is -2.38. The van der Waals surface area contributed by atoms with Crippen LogP contribution >= 0.6 is 0 Å². The number of nitrogens with zero attached hydrogens (tertiary/aromatic N) is 1. The molecule has 2 fully saturated rings. The van der Waals surface area contributed by atoms with Crippen molar-refractivity contribution >= 4 is 34.8 Å². The minimum absolute atomic E-state index is 0.130. The standard InChI is InChI=1S/C29H35N3O4/c1-20(33)30-23-8-9-24-26(29(34)31-27(24)19-23)18-21-7-10-28(25(17-21)22-5-3-2-4-6-22)36-16-13-32-11-14-35-15-12-32/h7-10,17-19,22H,2-6,11-16H2,1H3,(H,30,33)(H,31,34)/b26-18+. The van der Waals surface area contributed by atoms with Gasteiger partial charge in [-0.3, -0.25) is 14.5 Å². The third-order valence-electron chi connectivity index (χ3n) is 7.28. The van der Waals surface area contributed by atoms with Crippen LogP contribution in [0.5, 0.6) is 5.75 Å². The van der Waals surface area contributed by atoms with Gasteiger partial charge in [-0.25, -0.2) is 0 Å². The van der Waals surface area contributed by atoms with Crippen molar-refractivity contribution in [2.45, 2.75) is 44.9 Å². The number of carbonyl (C=O) groups excluding carboxylic acids is 2. The van der Waals surface area contributed by atoms with Gasteiger partial charge in [0, 0.05) is 43.4 Å². The molecule has 2 amide bonds. The average Bonchev–Trinajstić information content (AvgIpc) is 3.19. The van der Waals surface area contributed by atoms with Crippen LogP contribution in [0.15, 0.2) is 36.4 Å². The summed E-state index contributed by atoms with van der Waals surface area (Å²) in [5.41, 5.74) is 5.12. The van der Waals surface area contributed by atoms with Crippen molar-refractivity contribution in [1.29, 1.82) is 0 Å². The molecule has 36 heavy (non-hydrogen) atoms. The van der Waals surface area contributed by atoms with E-state index in [0.717, 1.165) is 49.7 Å². The summed E-state index contributed by atoms with van der Waals surface area (Å²) in [5.74, 6) is 1.18. The van der Waals surface area contributed by atoms with E-state index in [1.807, 2.05) is 24.3 Å². The molecule has 3 aliphatic rings. The molecule has 0 spiro atoms. The van der Waals surface area contributed by atoms with Crippen molar-refractivity contribution < 1.29 is 19.1 Å².